The van der Waals surface area contributed by atoms with E-state index in [-0.39, 0.29) is 11.7 Å². The van der Waals surface area contributed by atoms with E-state index in [0.29, 0.717) is 19.4 Å². The fourth-order valence-corrected chi connectivity index (χ4v) is 4.32. The highest BCUT2D eigenvalue weighted by Crippen LogP contribution is 2.38. The zero-order chi connectivity index (χ0) is 22.5. The van der Waals surface area contributed by atoms with E-state index in [1.165, 1.54) is 6.07 Å². The van der Waals surface area contributed by atoms with Gasteiger partial charge in [-0.05, 0) is 68.6 Å². The van der Waals surface area contributed by atoms with Crippen molar-refractivity contribution < 1.29 is 9.23 Å². The Bertz CT molecular complexity index is 1100. The minimum atomic E-state index is -0.234. The maximum absolute atomic E-state index is 14.3. The van der Waals surface area contributed by atoms with E-state index in [1.807, 2.05) is 45.3 Å². The summed E-state index contributed by atoms with van der Waals surface area (Å²) >= 11 is 0. The van der Waals surface area contributed by atoms with Crippen molar-refractivity contribution in [2.24, 2.45) is 5.16 Å². The van der Waals surface area contributed by atoms with Crippen LogP contribution in [0, 0.1) is 12.7 Å². The Balaban J connectivity index is 1.68. The normalized spacial score (nSPS) is 16.9. The van der Waals surface area contributed by atoms with Gasteiger partial charge < -0.3 is 9.74 Å². The second-order valence-electron chi connectivity index (χ2n) is 8.51. The molecule has 5 nitrogen and oxygen atoms in total. The molecule has 6 heteroatoms. The standard InChI is InChI=1S/C26H29FN4O/c1-18-26-24(29-17-28-18)14-20(15-25(26)30-32-13-7-12-31(2)3)23-16-21(27)10-11-22(23)19-8-5-4-6-9-19/h4-6,8-11,16-17,20H,7,12-15H2,1-3H3. The van der Waals surface area contributed by atoms with Crippen molar-refractivity contribution >= 4 is 5.71 Å². The van der Waals surface area contributed by atoms with Gasteiger partial charge in [0.2, 0.25) is 0 Å². The molecule has 0 bridgehead atoms. The monoisotopic (exact) mass is 432 g/mol. The largest absolute Gasteiger partial charge is 0.396 e. The fraction of sp³-hybridized carbons (Fsp3) is 0.346. The van der Waals surface area contributed by atoms with Crippen LogP contribution >= 0.6 is 0 Å². The number of hydrogen-bond donors (Lipinski definition) is 0. The highest BCUT2D eigenvalue weighted by atomic mass is 19.1. The summed E-state index contributed by atoms with van der Waals surface area (Å²) in [6, 6.07) is 15.2. The zero-order valence-electron chi connectivity index (χ0n) is 18.9. The predicted octanol–water partition coefficient (Wildman–Crippen LogP) is 4.99. The number of aryl methyl sites for hydroxylation is 1. The van der Waals surface area contributed by atoms with Gasteiger partial charge in [-0.1, -0.05) is 41.6 Å². The summed E-state index contributed by atoms with van der Waals surface area (Å²) < 4.78 is 14.3. The van der Waals surface area contributed by atoms with Crippen LogP contribution in [0.4, 0.5) is 4.39 Å². The lowest BCUT2D eigenvalue weighted by molar-refractivity contribution is 0.134. The Morgan fingerprint density at radius 2 is 1.91 bits per heavy atom. The SMILES string of the molecule is Cc1ncnc2c1C(=NOCCCN(C)C)CC(c1cc(F)ccc1-c1ccccc1)C2. The number of halogens is 1. The lowest BCUT2D eigenvalue weighted by Crippen LogP contribution is -2.23. The van der Waals surface area contributed by atoms with Gasteiger partial charge in [-0.2, -0.15) is 0 Å². The predicted molar refractivity (Wildman–Crippen MR) is 125 cm³/mol. The van der Waals surface area contributed by atoms with Gasteiger partial charge in [0.25, 0.3) is 0 Å². The highest BCUT2D eigenvalue weighted by molar-refractivity contribution is 6.03. The third-order valence-electron chi connectivity index (χ3n) is 5.84. The quantitative estimate of drug-likeness (QED) is 0.390. The molecule has 1 aliphatic carbocycles. The molecule has 4 rings (SSSR count). The number of nitrogens with zero attached hydrogens (tertiary/aromatic N) is 4. The van der Waals surface area contributed by atoms with Crippen LogP contribution < -0.4 is 0 Å². The van der Waals surface area contributed by atoms with Crippen LogP contribution in [0.5, 0.6) is 0 Å². The summed E-state index contributed by atoms with van der Waals surface area (Å²) in [5.41, 5.74) is 6.72. The van der Waals surface area contributed by atoms with E-state index in [9.17, 15) is 4.39 Å². The van der Waals surface area contributed by atoms with Gasteiger partial charge in [0.1, 0.15) is 18.8 Å². The molecule has 2 aromatic carbocycles. The van der Waals surface area contributed by atoms with E-state index in [0.717, 1.165) is 52.3 Å². The van der Waals surface area contributed by atoms with Crippen molar-refractivity contribution in [3.63, 3.8) is 0 Å². The third kappa shape index (κ3) is 5.02. The number of oxime groups is 1. The summed E-state index contributed by atoms with van der Waals surface area (Å²) in [5.74, 6) is -0.186. The number of aromatic nitrogens is 2. The molecule has 3 aromatic rings. The first-order chi connectivity index (χ1) is 15.5. The molecule has 0 aliphatic heterocycles. The van der Waals surface area contributed by atoms with Crippen LogP contribution in [0.2, 0.25) is 0 Å². The maximum atomic E-state index is 14.3. The van der Waals surface area contributed by atoms with Gasteiger partial charge >= 0.3 is 0 Å². The van der Waals surface area contributed by atoms with E-state index < -0.39 is 0 Å². The van der Waals surface area contributed by atoms with E-state index in [4.69, 9.17) is 4.84 Å². The van der Waals surface area contributed by atoms with Crippen LogP contribution in [0.3, 0.4) is 0 Å². The van der Waals surface area contributed by atoms with Crippen molar-refractivity contribution in [3.8, 4) is 11.1 Å². The molecule has 0 fully saturated rings. The minimum absolute atomic E-state index is 0.0480. The molecule has 0 radical (unpaired) electrons. The third-order valence-corrected chi connectivity index (χ3v) is 5.84. The first-order valence-corrected chi connectivity index (χ1v) is 11.0. The van der Waals surface area contributed by atoms with Crippen molar-refractivity contribution in [1.29, 1.82) is 0 Å². The second-order valence-corrected chi connectivity index (χ2v) is 8.51. The molecule has 0 saturated heterocycles. The van der Waals surface area contributed by atoms with Crippen LogP contribution in [-0.4, -0.2) is 47.8 Å². The molecule has 0 saturated carbocycles. The van der Waals surface area contributed by atoms with E-state index in [2.05, 4.69) is 32.2 Å². The van der Waals surface area contributed by atoms with Gasteiger partial charge in [0.15, 0.2) is 0 Å². The summed E-state index contributed by atoms with van der Waals surface area (Å²) in [6.45, 7) is 3.46. The van der Waals surface area contributed by atoms with Crippen molar-refractivity contribution in [1.82, 2.24) is 14.9 Å². The summed E-state index contributed by atoms with van der Waals surface area (Å²) in [6.07, 6.45) is 3.85. The Morgan fingerprint density at radius 3 is 2.69 bits per heavy atom. The summed E-state index contributed by atoms with van der Waals surface area (Å²) in [7, 11) is 4.08. The van der Waals surface area contributed by atoms with E-state index >= 15 is 0 Å². The highest BCUT2D eigenvalue weighted by Gasteiger charge is 2.30. The first-order valence-electron chi connectivity index (χ1n) is 11.0. The summed E-state index contributed by atoms with van der Waals surface area (Å²) in [5, 5.41) is 4.51. The minimum Gasteiger partial charge on any atom is -0.396 e. The molecular weight excluding hydrogens is 403 g/mol. The molecule has 1 heterocycles. The lowest BCUT2D eigenvalue weighted by Gasteiger charge is -2.27. The van der Waals surface area contributed by atoms with Gasteiger partial charge in [-0.25, -0.2) is 14.4 Å². The van der Waals surface area contributed by atoms with Gasteiger partial charge in [-0.15, -0.1) is 0 Å². The number of rotatable bonds is 7. The average molecular weight is 433 g/mol. The zero-order valence-corrected chi connectivity index (χ0v) is 18.9. The molecule has 1 aromatic heterocycles. The topological polar surface area (TPSA) is 50.6 Å². The number of benzene rings is 2. The van der Waals surface area contributed by atoms with Crippen molar-refractivity contribution in [3.05, 3.63) is 83.2 Å². The van der Waals surface area contributed by atoms with Crippen LogP contribution in [0.25, 0.3) is 11.1 Å². The Hall–Kier alpha value is -3.12. The molecule has 32 heavy (non-hydrogen) atoms. The molecule has 0 spiro atoms. The van der Waals surface area contributed by atoms with Gasteiger partial charge in [-0.3, -0.25) is 0 Å². The van der Waals surface area contributed by atoms with Crippen molar-refractivity contribution in [2.45, 2.75) is 32.1 Å². The second kappa shape index (κ2) is 10.0. The fourth-order valence-electron chi connectivity index (χ4n) is 4.32. The number of hydrogen-bond acceptors (Lipinski definition) is 5. The lowest BCUT2D eigenvalue weighted by atomic mass is 9.78. The maximum Gasteiger partial charge on any atom is 0.123 e. The van der Waals surface area contributed by atoms with Crippen molar-refractivity contribution in [2.75, 3.05) is 27.2 Å². The molecule has 1 unspecified atom stereocenters. The van der Waals surface area contributed by atoms with E-state index in [1.54, 1.807) is 12.4 Å². The Labute approximate surface area is 189 Å². The summed E-state index contributed by atoms with van der Waals surface area (Å²) in [4.78, 5) is 16.7. The average Bonchev–Trinajstić information content (AvgIpc) is 2.79. The molecule has 0 amide bonds. The Morgan fingerprint density at radius 1 is 1.09 bits per heavy atom. The molecular formula is C26H29FN4O. The van der Waals surface area contributed by atoms with Crippen LogP contribution in [-0.2, 0) is 11.3 Å². The molecule has 1 atom stereocenters. The number of fused-ring (bicyclic) bond motifs is 1. The van der Waals surface area contributed by atoms with Crippen LogP contribution in [0.1, 0.15) is 41.3 Å². The molecule has 166 valence electrons. The smallest absolute Gasteiger partial charge is 0.123 e. The van der Waals surface area contributed by atoms with Crippen LogP contribution in [0.15, 0.2) is 60.0 Å². The Kier molecular flexibility index (Phi) is 6.90. The molecule has 1 aliphatic rings. The van der Waals surface area contributed by atoms with Gasteiger partial charge in [0.05, 0.1) is 17.1 Å². The first kappa shape index (κ1) is 22.1. The van der Waals surface area contributed by atoms with Gasteiger partial charge in [0, 0.05) is 18.5 Å². The molecule has 0 N–H and O–H groups in total.